The first-order valence-electron chi connectivity index (χ1n) is 6.72. The number of rotatable bonds is 4. The summed E-state index contributed by atoms with van der Waals surface area (Å²) in [6, 6.07) is 1.47. The van der Waals surface area contributed by atoms with E-state index in [1.807, 2.05) is 7.05 Å². The van der Waals surface area contributed by atoms with E-state index in [9.17, 15) is 5.11 Å². The van der Waals surface area contributed by atoms with E-state index in [2.05, 4.69) is 17.3 Å². The van der Waals surface area contributed by atoms with E-state index in [1.54, 1.807) is 0 Å². The summed E-state index contributed by atoms with van der Waals surface area (Å²) in [6.45, 7) is 0.276. The van der Waals surface area contributed by atoms with E-state index < -0.39 is 0 Å². The number of nitrogens with one attached hydrogen (secondary N) is 1. The van der Waals surface area contributed by atoms with E-state index in [1.165, 1.54) is 32.1 Å². The van der Waals surface area contributed by atoms with Gasteiger partial charge in [-0.3, -0.25) is 0 Å². The molecule has 0 aliphatic heterocycles. The fourth-order valence-corrected chi connectivity index (χ4v) is 3.51. The van der Waals surface area contributed by atoms with Gasteiger partial charge in [0, 0.05) is 17.6 Å². The van der Waals surface area contributed by atoms with Crippen LogP contribution in [0.15, 0.2) is 0 Å². The van der Waals surface area contributed by atoms with Crippen molar-refractivity contribution in [2.24, 2.45) is 0 Å². The molecular formula is C13H26N2O. The number of aliphatic hydroxyl groups is 1. The third kappa shape index (κ3) is 2.27. The zero-order valence-electron chi connectivity index (χ0n) is 10.7. The van der Waals surface area contributed by atoms with Crippen LogP contribution < -0.4 is 5.32 Å². The first-order valence-corrected chi connectivity index (χ1v) is 6.72. The normalized spacial score (nSPS) is 36.4. The molecule has 0 heterocycles. The molecule has 94 valence electrons. The van der Waals surface area contributed by atoms with Gasteiger partial charge in [-0.1, -0.05) is 12.8 Å². The molecule has 0 radical (unpaired) electrons. The summed E-state index contributed by atoms with van der Waals surface area (Å²) in [6.07, 6.45) is 9.00. The average molecular weight is 226 g/mol. The van der Waals surface area contributed by atoms with Crippen molar-refractivity contribution in [1.29, 1.82) is 0 Å². The largest absolute Gasteiger partial charge is 0.394 e. The van der Waals surface area contributed by atoms with Crippen molar-refractivity contribution in [1.82, 2.24) is 10.2 Å². The molecule has 2 saturated carbocycles. The molecule has 2 atom stereocenters. The van der Waals surface area contributed by atoms with Gasteiger partial charge in [0.2, 0.25) is 0 Å². The highest BCUT2D eigenvalue weighted by Gasteiger charge is 2.40. The fraction of sp³-hybridized carbons (Fsp3) is 1.00. The lowest BCUT2D eigenvalue weighted by molar-refractivity contribution is 0.140. The fourth-order valence-electron chi connectivity index (χ4n) is 3.51. The Morgan fingerprint density at radius 2 is 1.94 bits per heavy atom. The van der Waals surface area contributed by atoms with E-state index >= 15 is 0 Å². The maximum atomic E-state index is 9.50. The van der Waals surface area contributed by atoms with Crippen LogP contribution >= 0.6 is 0 Å². The Morgan fingerprint density at radius 3 is 2.44 bits per heavy atom. The summed E-state index contributed by atoms with van der Waals surface area (Å²) in [7, 11) is 4.26. The van der Waals surface area contributed by atoms with Gasteiger partial charge in [0.05, 0.1) is 6.61 Å². The van der Waals surface area contributed by atoms with Gasteiger partial charge in [-0.15, -0.1) is 0 Å². The van der Waals surface area contributed by atoms with Crippen LogP contribution in [-0.4, -0.2) is 48.3 Å². The van der Waals surface area contributed by atoms with E-state index in [-0.39, 0.29) is 12.1 Å². The highest BCUT2D eigenvalue weighted by atomic mass is 16.3. The van der Waals surface area contributed by atoms with Crippen molar-refractivity contribution in [3.05, 3.63) is 0 Å². The van der Waals surface area contributed by atoms with Crippen molar-refractivity contribution >= 4 is 0 Å². The first kappa shape index (κ1) is 12.3. The van der Waals surface area contributed by atoms with Gasteiger partial charge in [-0.05, 0) is 46.2 Å². The Bertz CT molecular complexity index is 222. The van der Waals surface area contributed by atoms with Crippen LogP contribution in [0, 0.1) is 0 Å². The van der Waals surface area contributed by atoms with Crippen LogP contribution in [0.25, 0.3) is 0 Å². The number of likely N-dealkylation sites (N-methyl/N-ethyl adjacent to an activating group) is 1. The van der Waals surface area contributed by atoms with E-state index in [4.69, 9.17) is 0 Å². The second-order valence-electron chi connectivity index (χ2n) is 5.69. The molecule has 16 heavy (non-hydrogen) atoms. The smallest absolute Gasteiger partial charge is 0.0613 e. The van der Waals surface area contributed by atoms with Crippen molar-refractivity contribution in [3.8, 4) is 0 Å². The third-order valence-corrected chi connectivity index (χ3v) is 4.89. The molecule has 3 heteroatoms. The van der Waals surface area contributed by atoms with Crippen LogP contribution in [0.5, 0.6) is 0 Å². The number of hydrogen-bond donors (Lipinski definition) is 2. The van der Waals surface area contributed by atoms with Crippen LogP contribution in [0.3, 0.4) is 0 Å². The molecular weight excluding hydrogens is 200 g/mol. The Kier molecular flexibility index (Phi) is 3.88. The molecule has 0 aromatic carbocycles. The van der Waals surface area contributed by atoms with Crippen molar-refractivity contribution in [3.63, 3.8) is 0 Å². The molecule has 0 bridgehead atoms. The van der Waals surface area contributed by atoms with Gasteiger partial charge in [-0.2, -0.15) is 0 Å². The topological polar surface area (TPSA) is 35.5 Å². The zero-order valence-corrected chi connectivity index (χ0v) is 10.7. The van der Waals surface area contributed by atoms with E-state index in [0.29, 0.717) is 6.04 Å². The van der Waals surface area contributed by atoms with Crippen LogP contribution in [0.4, 0.5) is 0 Å². The van der Waals surface area contributed by atoms with Crippen molar-refractivity contribution < 1.29 is 5.11 Å². The summed E-state index contributed by atoms with van der Waals surface area (Å²) in [5, 5.41) is 12.8. The number of nitrogens with zero attached hydrogens (tertiary/aromatic N) is 1. The number of hydrogen-bond acceptors (Lipinski definition) is 3. The minimum atomic E-state index is -0.00245. The standard InChI is InChI=1S/C13H26N2O/c1-14-13(10-16)8-7-12(9-13)15(2)11-5-3-4-6-11/h11-12,14,16H,3-10H2,1-2H3. The lowest BCUT2D eigenvalue weighted by Crippen LogP contribution is -2.46. The Hall–Kier alpha value is -0.120. The molecule has 2 aliphatic rings. The summed E-state index contributed by atoms with van der Waals surface area (Å²) >= 11 is 0. The van der Waals surface area contributed by atoms with Gasteiger partial charge >= 0.3 is 0 Å². The molecule has 2 fully saturated rings. The molecule has 0 aromatic heterocycles. The second-order valence-corrected chi connectivity index (χ2v) is 5.69. The van der Waals surface area contributed by atoms with Crippen molar-refractivity contribution in [2.45, 2.75) is 62.6 Å². The second kappa shape index (κ2) is 5.03. The minimum Gasteiger partial charge on any atom is -0.394 e. The van der Waals surface area contributed by atoms with Crippen LogP contribution in [0.1, 0.15) is 44.9 Å². The molecule has 3 nitrogen and oxygen atoms in total. The summed E-state index contributed by atoms with van der Waals surface area (Å²) < 4.78 is 0. The summed E-state index contributed by atoms with van der Waals surface area (Å²) in [4.78, 5) is 2.59. The van der Waals surface area contributed by atoms with Gasteiger partial charge in [-0.25, -0.2) is 0 Å². The van der Waals surface area contributed by atoms with Crippen LogP contribution in [-0.2, 0) is 0 Å². The van der Waals surface area contributed by atoms with E-state index in [0.717, 1.165) is 18.9 Å². The predicted molar refractivity (Wildman–Crippen MR) is 66.5 cm³/mol. The monoisotopic (exact) mass is 226 g/mol. The molecule has 0 saturated heterocycles. The minimum absolute atomic E-state index is 0.00245. The predicted octanol–water partition coefficient (Wildman–Crippen LogP) is 1.36. The molecule has 2 rings (SSSR count). The Morgan fingerprint density at radius 1 is 1.25 bits per heavy atom. The van der Waals surface area contributed by atoms with Crippen LogP contribution in [0.2, 0.25) is 0 Å². The molecule has 2 N–H and O–H groups in total. The lowest BCUT2D eigenvalue weighted by atomic mass is 9.98. The molecule has 2 unspecified atom stereocenters. The maximum Gasteiger partial charge on any atom is 0.0613 e. The van der Waals surface area contributed by atoms with Gasteiger partial charge in [0.25, 0.3) is 0 Å². The van der Waals surface area contributed by atoms with Gasteiger partial charge < -0.3 is 15.3 Å². The highest BCUT2D eigenvalue weighted by molar-refractivity contribution is 4.99. The number of aliphatic hydroxyl groups excluding tert-OH is 1. The molecule has 0 amide bonds. The first-order chi connectivity index (χ1) is 7.71. The Labute approximate surface area is 99.2 Å². The molecule has 2 aliphatic carbocycles. The highest BCUT2D eigenvalue weighted by Crippen LogP contribution is 2.35. The Balaban J connectivity index is 1.91. The SMILES string of the molecule is CNC1(CO)CCC(N(C)C2CCCC2)C1. The molecule has 0 aromatic rings. The molecule has 0 spiro atoms. The van der Waals surface area contributed by atoms with Gasteiger partial charge in [0.15, 0.2) is 0 Å². The summed E-state index contributed by atoms with van der Waals surface area (Å²) in [5.41, 5.74) is -0.00245. The van der Waals surface area contributed by atoms with Crippen molar-refractivity contribution in [2.75, 3.05) is 20.7 Å². The maximum absolute atomic E-state index is 9.50. The zero-order chi connectivity index (χ0) is 11.6. The lowest BCUT2D eigenvalue weighted by Gasteiger charge is -2.32. The third-order valence-electron chi connectivity index (χ3n) is 4.89. The van der Waals surface area contributed by atoms with Gasteiger partial charge in [0.1, 0.15) is 0 Å². The quantitative estimate of drug-likeness (QED) is 0.760. The summed E-state index contributed by atoms with van der Waals surface area (Å²) in [5.74, 6) is 0. The average Bonchev–Trinajstić information content (AvgIpc) is 2.98.